The highest BCUT2D eigenvalue weighted by atomic mass is 15.2. The van der Waals surface area contributed by atoms with E-state index in [0.29, 0.717) is 6.04 Å². The van der Waals surface area contributed by atoms with Gasteiger partial charge in [-0.2, -0.15) is 0 Å². The van der Waals surface area contributed by atoms with Crippen LogP contribution in [0.25, 0.3) is 5.78 Å². The van der Waals surface area contributed by atoms with Crippen LogP contribution >= 0.6 is 0 Å². The molecule has 1 aliphatic heterocycles. The third-order valence-electron chi connectivity index (χ3n) is 3.29. The monoisotopic (exact) mass is 231 g/mol. The number of fused-ring (bicyclic) bond motifs is 1. The van der Waals surface area contributed by atoms with Gasteiger partial charge < -0.3 is 5.32 Å². The minimum Gasteiger partial charge on any atom is -0.314 e. The summed E-state index contributed by atoms with van der Waals surface area (Å²) >= 11 is 0. The average Bonchev–Trinajstić information content (AvgIpc) is 2.74. The first kappa shape index (κ1) is 10.7. The summed E-state index contributed by atoms with van der Waals surface area (Å²) in [7, 11) is 0. The quantitative estimate of drug-likeness (QED) is 0.818. The van der Waals surface area contributed by atoms with Crippen LogP contribution in [0.15, 0.2) is 24.7 Å². The fourth-order valence-electron chi connectivity index (χ4n) is 2.28. The fraction of sp³-hybridized carbons (Fsp3) is 0.500. The number of aromatic nitrogens is 3. The Balaban J connectivity index is 1.79. The number of piperazine rings is 1. The molecule has 5 nitrogen and oxygen atoms in total. The summed E-state index contributed by atoms with van der Waals surface area (Å²) in [6.45, 7) is 6.37. The maximum atomic E-state index is 4.53. The Morgan fingerprint density at radius 2 is 2.47 bits per heavy atom. The molecule has 1 N–H and O–H groups in total. The predicted molar refractivity (Wildman–Crippen MR) is 65.7 cm³/mol. The second-order valence-corrected chi connectivity index (χ2v) is 4.58. The van der Waals surface area contributed by atoms with Gasteiger partial charge in [0, 0.05) is 50.8 Å². The molecule has 0 bridgehead atoms. The Labute approximate surface area is 100 Å². The summed E-state index contributed by atoms with van der Waals surface area (Å²) < 4.78 is 1.97. The van der Waals surface area contributed by atoms with Gasteiger partial charge >= 0.3 is 0 Å². The highest BCUT2D eigenvalue weighted by molar-refractivity contribution is 5.29. The first-order chi connectivity index (χ1) is 8.33. The highest BCUT2D eigenvalue weighted by Gasteiger charge is 2.18. The summed E-state index contributed by atoms with van der Waals surface area (Å²) in [4.78, 5) is 11.2. The minimum atomic E-state index is 0.571. The summed E-state index contributed by atoms with van der Waals surface area (Å²) in [6, 6.07) is 2.49. The van der Waals surface area contributed by atoms with E-state index in [4.69, 9.17) is 0 Å². The van der Waals surface area contributed by atoms with E-state index in [1.54, 1.807) is 6.20 Å². The summed E-state index contributed by atoms with van der Waals surface area (Å²) in [5.41, 5.74) is 1.09. The van der Waals surface area contributed by atoms with Crippen LogP contribution in [0.3, 0.4) is 0 Å². The Morgan fingerprint density at radius 3 is 3.29 bits per heavy atom. The zero-order chi connectivity index (χ0) is 11.7. The molecule has 17 heavy (non-hydrogen) atoms. The SMILES string of the molecule is C[C@H]1CNCCN1Cc1cn2cccnc2n1. The van der Waals surface area contributed by atoms with Gasteiger partial charge in [-0.25, -0.2) is 9.97 Å². The van der Waals surface area contributed by atoms with Crippen molar-refractivity contribution in [1.29, 1.82) is 0 Å². The van der Waals surface area contributed by atoms with Gasteiger partial charge in [-0.05, 0) is 13.0 Å². The topological polar surface area (TPSA) is 45.5 Å². The van der Waals surface area contributed by atoms with Crippen molar-refractivity contribution in [2.75, 3.05) is 19.6 Å². The van der Waals surface area contributed by atoms with Gasteiger partial charge in [0.15, 0.2) is 0 Å². The van der Waals surface area contributed by atoms with Gasteiger partial charge in [0.05, 0.1) is 5.69 Å². The van der Waals surface area contributed by atoms with E-state index < -0.39 is 0 Å². The second kappa shape index (κ2) is 4.43. The standard InChI is InChI=1S/C12H17N5/c1-10-7-13-4-6-16(10)8-11-9-17-5-2-3-14-12(17)15-11/h2-3,5,9-10,13H,4,6-8H2,1H3/t10-/m0/s1. The van der Waals surface area contributed by atoms with Crippen LogP contribution in [-0.4, -0.2) is 44.9 Å². The van der Waals surface area contributed by atoms with E-state index in [1.807, 2.05) is 16.7 Å². The molecule has 1 aliphatic rings. The molecule has 0 radical (unpaired) electrons. The van der Waals surface area contributed by atoms with Gasteiger partial charge in [-0.1, -0.05) is 0 Å². The van der Waals surface area contributed by atoms with Crippen molar-refractivity contribution in [1.82, 2.24) is 24.6 Å². The van der Waals surface area contributed by atoms with Crippen LogP contribution < -0.4 is 5.32 Å². The summed E-state index contributed by atoms with van der Waals surface area (Å²) in [5.74, 6) is 0.783. The Hall–Kier alpha value is -1.46. The number of hydrogen-bond acceptors (Lipinski definition) is 4. The van der Waals surface area contributed by atoms with Gasteiger partial charge in [-0.3, -0.25) is 9.30 Å². The molecule has 2 aromatic heterocycles. The van der Waals surface area contributed by atoms with Crippen LogP contribution in [0.5, 0.6) is 0 Å². The van der Waals surface area contributed by atoms with Crippen molar-refractivity contribution >= 4 is 5.78 Å². The van der Waals surface area contributed by atoms with Crippen molar-refractivity contribution in [3.05, 3.63) is 30.4 Å². The molecule has 0 aliphatic carbocycles. The van der Waals surface area contributed by atoms with E-state index >= 15 is 0 Å². The lowest BCUT2D eigenvalue weighted by Crippen LogP contribution is -2.49. The maximum absolute atomic E-state index is 4.53. The zero-order valence-electron chi connectivity index (χ0n) is 10.0. The first-order valence-corrected chi connectivity index (χ1v) is 6.06. The Bertz CT molecular complexity index is 473. The minimum absolute atomic E-state index is 0.571. The number of nitrogens with zero attached hydrogens (tertiary/aromatic N) is 4. The van der Waals surface area contributed by atoms with E-state index in [9.17, 15) is 0 Å². The molecule has 1 fully saturated rings. The number of rotatable bonds is 2. The van der Waals surface area contributed by atoms with E-state index in [1.165, 1.54) is 0 Å². The number of nitrogens with one attached hydrogen (secondary N) is 1. The maximum Gasteiger partial charge on any atom is 0.233 e. The molecular weight excluding hydrogens is 214 g/mol. The predicted octanol–water partition coefficient (Wildman–Crippen LogP) is 0.523. The van der Waals surface area contributed by atoms with Gasteiger partial charge in [0.2, 0.25) is 5.78 Å². The molecular formula is C12H17N5. The van der Waals surface area contributed by atoms with Crippen molar-refractivity contribution < 1.29 is 0 Å². The van der Waals surface area contributed by atoms with Crippen LogP contribution in [0.1, 0.15) is 12.6 Å². The molecule has 0 spiro atoms. The second-order valence-electron chi connectivity index (χ2n) is 4.58. The zero-order valence-corrected chi connectivity index (χ0v) is 10.0. The van der Waals surface area contributed by atoms with Crippen LogP contribution in [-0.2, 0) is 6.54 Å². The van der Waals surface area contributed by atoms with Crippen molar-refractivity contribution in [3.63, 3.8) is 0 Å². The number of hydrogen-bond donors (Lipinski definition) is 1. The molecule has 90 valence electrons. The van der Waals surface area contributed by atoms with E-state index in [0.717, 1.165) is 37.7 Å². The molecule has 5 heteroatoms. The number of imidazole rings is 1. The van der Waals surface area contributed by atoms with Crippen molar-refractivity contribution in [3.8, 4) is 0 Å². The molecule has 0 amide bonds. The molecule has 0 saturated carbocycles. The van der Waals surface area contributed by atoms with Crippen molar-refractivity contribution in [2.24, 2.45) is 0 Å². The molecule has 1 saturated heterocycles. The van der Waals surface area contributed by atoms with Crippen LogP contribution in [0.2, 0.25) is 0 Å². The average molecular weight is 231 g/mol. The van der Waals surface area contributed by atoms with Gasteiger partial charge in [0.1, 0.15) is 0 Å². The third-order valence-corrected chi connectivity index (χ3v) is 3.29. The Kier molecular flexibility index (Phi) is 2.78. The lowest BCUT2D eigenvalue weighted by Gasteiger charge is -2.33. The smallest absolute Gasteiger partial charge is 0.233 e. The van der Waals surface area contributed by atoms with E-state index in [2.05, 4.69) is 33.3 Å². The molecule has 3 heterocycles. The normalized spacial score (nSPS) is 22.1. The molecule has 0 unspecified atom stereocenters. The molecule has 0 aromatic carbocycles. The molecule has 1 atom stereocenters. The van der Waals surface area contributed by atoms with Crippen molar-refractivity contribution in [2.45, 2.75) is 19.5 Å². The lowest BCUT2D eigenvalue weighted by atomic mass is 10.2. The van der Waals surface area contributed by atoms with Crippen LogP contribution in [0.4, 0.5) is 0 Å². The highest BCUT2D eigenvalue weighted by Crippen LogP contribution is 2.09. The molecule has 3 rings (SSSR count). The summed E-state index contributed by atoms with van der Waals surface area (Å²) in [5, 5.41) is 3.40. The fourth-order valence-corrected chi connectivity index (χ4v) is 2.28. The first-order valence-electron chi connectivity index (χ1n) is 6.06. The van der Waals surface area contributed by atoms with E-state index in [-0.39, 0.29) is 0 Å². The van der Waals surface area contributed by atoms with Crippen LogP contribution in [0, 0.1) is 0 Å². The Morgan fingerprint density at radius 1 is 1.53 bits per heavy atom. The van der Waals surface area contributed by atoms with Gasteiger partial charge in [0.25, 0.3) is 0 Å². The molecule has 2 aromatic rings. The summed E-state index contributed by atoms with van der Waals surface area (Å²) in [6.07, 6.45) is 5.83. The third kappa shape index (κ3) is 2.16. The largest absolute Gasteiger partial charge is 0.314 e. The lowest BCUT2D eigenvalue weighted by molar-refractivity contribution is 0.164. The van der Waals surface area contributed by atoms with Gasteiger partial charge in [-0.15, -0.1) is 0 Å².